The Hall–Kier alpha value is -3.61. The van der Waals surface area contributed by atoms with Crippen molar-refractivity contribution in [1.82, 2.24) is 9.78 Å². The zero-order chi connectivity index (χ0) is 20.4. The maximum atomic E-state index is 12.7. The molecule has 1 aliphatic rings. The van der Waals surface area contributed by atoms with Crippen molar-refractivity contribution in [3.63, 3.8) is 0 Å². The molecule has 2 heterocycles. The summed E-state index contributed by atoms with van der Waals surface area (Å²) in [6.07, 6.45) is 0. The quantitative estimate of drug-likeness (QED) is 0.739. The molecule has 29 heavy (non-hydrogen) atoms. The highest BCUT2D eigenvalue weighted by atomic mass is 16.6. The molecule has 4 rings (SSSR count). The molecule has 148 valence electrons. The molecular formula is C22H21N3O4. The lowest BCUT2D eigenvalue weighted by atomic mass is 10.1. The molecule has 1 unspecified atom stereocenters. The minimum atomic E-state index is -0.791. The van der Waals surface area contributed by atoms with Gasteiger partial charge in [0.05, 0.1) is 5.69 Å². The highest BCUT2D eigenvalue weighted by Gasteiger charge is 2.19. The molecule has 0 spiro atoms. The number of hydrogen-bond acceptors (Lipinski definition) is 5. The lowest BCUT2D eigenvalue weighted by molar-refractivity contribution is -0.119. The van der Waals surface area contributed by atoms with Gasteiger partial charge in [0.2, 0.25) is 5.91 Å². The van der Waals surface area contributed by atoms with E-state index in [0.717, 1.165) is 11.1 Å². The van der Waals surface area contributed by atoms with Gasteiger partial charge in [-0.1, -0.05) is 29.8 Å². The number of fused-ring (bicyclic) bond motifs is 1. The molecule has 1 aliphatic heterocycles. The molecule has 1 aromatic heterocycles. The molecular weight excluding hydrogens is 370 g/mol. The van der Waals surface area contributed by atoms with Crippen LogP contribution in [0.4, 0.5) is 5.69 Å². The van der Waals surface area contributed by atoms with E-state index in [4.69, 9.17) is 9.47 Å². The lowest BCUT2D eigenvalue weighted by Gasteiger charge is -2.20. The molecule has 0 bridgehead atoms. The van der Waals surface area contributed by atoms with Crippen molar-refractivity contribution in [3.05, 3.63) is 70.5 Å². The molecule has 0 fully saturated rings. The third kappa shape index (κ3) is 3.99. The fourth-order valence-electron chi connectivity index (χ4n) is 3.06. The summed E-state index contributed by atoms with van der Waals surface area (Å²) in [5, 5.41) is 7.21. The Morgan fingerprint density at radius 1 is 1.03 bits per heavy atom. The predicted molar refractivity (Wildman–Crippen MR) is 109 cm³/mol. The number of hydrogen-bond donors (Lipinski definition) is 1. The summed E-state index contributed by atoms with van der Waals surface area (Å²) in [5.74, 6) is 0.877. The summed E-state index contributed by atoms with van der Waals surface area (Å²) in [7, 11) is 0. The highest BCUT2D eigenvalue weighted by molar-refractivity contribution is 5.93. The first-order valence-electron chi connectivity index (χ1n) is 9.39. The summed E-state index contributed by atoms with van der Waals surface area (Å²) >= 11 is 0. The number of benzene rings is 2. The van der Waals surface area contributed by atoms with Crippen LogP contribution in [-0.4, -0.2) is 28.9 Å². The van der Waals surface area contributed by atoms with Gasteiger partial charge >= 0.3 is 0 Å². The second kappa shape index (κ2) is 7.79. The van der Waals surface area contributed by atoms with Crippen LogP contribution in [0, 0.1) is 6.92 Å². The Morgan fingerprint density at radius 3 is 2.52 bits per heavy atom. The first-order valence-corrected chi connectivity index (χ1v) is 9.39. The number of rotatable bonds is 4. The van der Waals surface area contributed by atoms with E-state index in [1.54, 1.807) is 31.2 Å². The Balaban J connectivity index is 1.56. The average Bonchev–Trinajstić information content (AvgIpc) is 2.74. The smallest absolute Gasteiger partial charge is 0.267 e. The van der Waals surface area contributed by atoms with Crippen molar-refractivity contribution in [2.24, 2.45) is 0 Å². The van der Waals surface area contributed by atoms with Gasteiger partial charge in [-0.25, -0.2) is 4.68 Å². The number of amides is 1. The lowest BCUT2D eigenvalue weighted by Crippen LogP contribution is -2.33. The maximum Gasteiger partial charge on any atom is 0.267 e. The minimum absolute atomic E-state index is 0.342. The van der Waals surface area contributed by atoms with Crippen molar-refractivity contribution >= 4 is 11.6 Å². The zero-order valence-electron chi connectivity index (χ0n) is 16.2. The van der Waals surface area contributed by atoms with Crippen molar-refractivity contribution in [2.45, 2.75) is 19.9 Å². The first kappa shape index (κ1) is 18.7. The van der Waals surface area contributed by atoms with Gasteiger partial charge in [-0.3, -0.25) is 9.59 Å². The second-order valence-electron chi connectivity index (χ2n) is 6.89. The zero-order valence-corrected chi connectivity index (χ0v) is 16.2. The highest BCUT2D eigenvalue weighted by Crippen LogP contribution is 2.32. The third-order valence-electron chi connectivity index (χ3n) is 4.73. The van der Waals surface area contributed by atoms with Crippen LogP contribution in [0.3, 0.4) is 0 Å². The van der Waals surface area contributed by atoms with Crippen molar-refractivity contribution < 1.29 is 14.3 Å². The average molecular weight is 391 g/mol. The van der Waals surface area contributed by atoms with Crippen molar-refractivity contribution in [3.8, 4) is 22.8 Å². The molecule has 0 saturated carbocycles. The number of carbonyl (C=O) groups excluding carboxylic acids is 1. The summed E-state index contributed by atoms with van der Waals surface area (Å²) in [4.78, 5) is 25.1. The first-order chi connectivity index (χ1) is 14.0. The van der Waals surface area contributed by atoms with E-state index in [-0.39, 0.29) is 11.5 Å². The number of aryl methyl sites for hydroxylation is 1. The van der Waals surface area contributed by atoms with Crippen LogP contribution in [0.15, 0.2) is 59.4 Å². The fourth-order valence-corrected chi connectivity index (χ4v) is 3.06. The van der Waals surface area contributed by atoms with E-state index in [2.05, 4.69) is 10.4 Å². The molecule has 7 nitrogen and oxygen atoms in total. The van der Waals surface area contributed by atoms with Crippen LogP contribution in [-0.2, 0) is 4.79 Å². The molecule has 0 radical (unpaired) electrons. The van der Waals surface area contributed by atoms with Crippen LogP contribution in [0.5, 0.6) is 11.5 Å². The molecule has 7 heteroatoms. The molecule has 1 N–H and O–H groups in total. The largest absolute Gasteiger partial charge is 0.486 e. The summed E-state index contributed by atoms with van der Waals surface area (Å²) in [6.45, 7) is 4.61. The summed E-state index contributed by atoms with van der Waals surface area (Å²) in [6, 6.07) is 15.3. The van der Waals surface area contributed by atoms with E-state index in [1.165, 1.54) is 10.7 Å². The Bertz CT molecular complexity index is 1110. The molecule has 0 saturated heterocycles. The summed E-state index contributed by atoms with van der Waals surface area (Å²) in [5.41, 5.74) is 2.86. The Labute approximate surface area is 167 Å². The molecule has 0 aliphatic carbocycles. The fraction of sp³-hybridized carbons (Fsp3) is 0.227. The number of aromatic nitrogens is 2. The third-order valence-corrected chi connectivity index (χ3v) is 4.73. The number of anilines is 1. The number of carbonyl (C=O) groups is 1. The van der Waals surface area contributed by atoms with Crippen molar-refractivity contribution in [1.29, 1.82) is 0 Å². The van der Waals surface area contributed by atoms with Gasteiger partial charge in [-0.2, -0.15) is 5.10 Å². The molecule has 3 aromatic rings. The van der Waals surface area contributed by atoms with E-state index in [1.807, 2.05) is 31.2 Å². The van der Waals surface area contributed by atoms with E-state index in [0.29, 0.717) is 36.1 Å². The van der Waals surface area contributed by atoms with Crippen LogP contribution in [0.25, 0.3) is 11.3 Å². The summed E-state index contributed by atoms with van der Waals surface area (Å²) < 4.78 is 12.2. The normalized spacial score (nSPS) is 13.6. The minimum Gasteiger partial charge on any atom is -0.486 e. The van der Waals surface area contributed by atoms with Gasteiger partial charge in [0.15, 0.2) is 11.5 Å². The van der Waals surface area contributed by atoms with E-state index >= 15 is 0 Å². The van der Waals surface area contributed by atoms with E-state index in [9.17, 15) is 9.59 Å². The maximum absolute atomic E-state index is 12.7. The topological polar surface area (TPSA) is 82.5 Å². The van der Waals surface area contributed by atoms with Gasteiger partial charge in [-0.05, 0) is 32.0 Å². The van der Waals surface area contributed by atoms with Crippen LogP contribution >= 0.6 is 0 Å². The van der Waals surface area contributed by atoms with Crippen molar-refractivity contribution in [2.75, 3.05) is 18.5 Å². The predicted octanol–water partition coefficient (Wildman–Crippen LogP) is 3.19. The van der Waals surface area contributed by atoms with Gasteiger partial charge in [-0.15, -0.1) is 0 Å². The molecule has 1 amide bonds. The molecule has 1 atom stereocenters. The second-order valence-corrected chi connectivity index (χ2v) is 6.89. The standard InChI is InChI=1S/C22H21N3O4/c1-14-3-5-16(6-4-14)18-8-10-21(26)25(24-18)15(2)22(27)23-17-7-9-19-20(13-17)29-12-11-28-19/h3-10,13,15H,11-12H2,1-2H3,(H,23,27). The van der Waals surface area contributed by atoms with Crippen LogP contribution in [0.1, 0.15) is 18.5 Å². The van der Waals surface area contributed by atoms with Crippen LogP contribution < -0.4 is 20.3 Å². The molecule has 2 aromatic carbocycles. The van der Waals surface area contributed by atoms with E-state index < -0.39 is 6.04 Å². The van der Waals surface area contributed by atoms with Gasteiger partial charge in [0, 0.05) is 23.4 Å². The van der Waals surface area contributed by atoms with Gasteiger partial charge in [0.25, 0.3) is 5.56 Å². The van der Waals surface area contributed by atoms with Crippen LogP contribution in [0.2, 0.25) is 0 Å². The van der Waals surface area contributed by atoms with Gasteiger partial charge in [0.1, 0.15) is 19.3 Å². The number of nitrogens with one attached hydrogen (secondary N) is 1. The van der Waals surface area contributed by atoms with Gasteiger partial charge < -0.3 is 14.8 Å². The monoisotopic (exact) mass is 391 g/mol. The number of nitrogens with zero attached hydrogens (tertiary/aromatic N) is 2. The number of ether oxygens (including phenoxy) is 2. The SMILES string of the molecule is Cc1ccc(-c2ccc(=O)n(C(C)C(=O)Nc3ccc4c(c3)OCCO4)n2)cc1. The Morgan fingerprint density at radius 2 is 1.76 bits per heavy atom. The Kier molecular flexibility index (Phi) is 5.03.